The summed E-state index contributed by atoms with van der Waals surface area (Å²) in [4.78, 5) is 63.8. The molecule has 1 aliphatic heterocycles. The number of halogens is 2. The smallest absolute Gasteiger partial charge is 0.328 e. The van der Waals surface area contributed by atoms with Crippen LogP contribution in [0.4, 0.5) is 13.6 Å². The predicted octanol–water partition coefficient (Wildman–Crippen LogP) is 2.95. The summed E-state index contributed by atoms with van der Waals surface area (Å²) >= 11 is 0. The molecule has 12 heteroatoms. The molecule has 0 aromatic heterocycles. The number of ether oxygens (including phenoxy) is 1. The number of carbonyl (C=O) groups excluding carboxylic acids is 5. The van der Waals surface area contributed by atoms with Gasteiger partial charge in [-0.15, -0.1) is 0 Å². The first-order chi connectivity index (χ1) is 19.8. The molecule has 232 valence electrons. The number of esters is 1. The quantitative estimate of drug-likeness (QED) is 0.308. The Morgan fingerprint density at radius 2 is 1.60 bits per heavy atom. The van der Waals surface area contributed by atoms with E-state index >= 15 is 0 Å². The van der Waals surface area contributed by atoms with Crippen LogP contribution >= 0.6 is 0 Å². The van der Waals surface area contributed by atoms with Crippen LogP contribution in [0.3, 0.4) is 0 Å². The van der Waals surface area contributed by atoms with Crippen LogP contribution in [-0.2, 0) is 30.3 Å². The molecule has 1 aromatic carbocycles. The first-order valence-corrected chi connectivity index (χ1v) is 14.2. The summed E-state index contributed by atoms with van der Waals surface area (Å²) < 4.78 is 32.3. The minimum absolute atomic E-state index is 0.0123. The summed E-state index contributed by atoms with van der Waals surface area (Å²) in [5.74, 6) is -4.64. The minimum Gasteiger partial charge on any atom is -0.467 e. The Labute approximate surface area is 245 Å². The number of carbonyl (C=O) groups is 5. The maximum atomic E-state index is 13.8. The maximum absolute atomic E-state index is 13.8. The number of ketones is 1. The molecule has 1 aliphatic rings. The second-order valence-corrected chi connectivity index (χ2v) is 11.2. The van der Waals surface area contributed by atoms with Gasteiger partial charge >= 0.3 is 12.0 Å². The Balaban J connectivity index is 2.21. The summed E-state index contributed by atoms with van der Waals surface area (Å²) in [7, 11) is 1.22. The summed E-state index contributed by atoms with van der Waals surface area (Å²) in [6, 6.07) is -0.300. The first-order valence-electron chi connectivity index (χ1n) is 14.2. The molecule has 0 saturated carbocycles. The van der Waals surface area contributed by atoms with Crippen molar-refractivity contribution in [2.24, 2.45) is 17.8 Å². The maximum Gasteiger partial charge on any atom is 0.328 e. The van der Waals surface area contributed by atoms with E-state index in [1.165, 1.54) is 19.3 Å². The number of Topliss-reactive ketones (excluding diaryl/α,β-unsaturated/α-hetero) is 1. The minimum atomic E-state index is -0.935. The molecule has 0 unspecified atom stereocenters. The van der Waals surface area contributed by atoms with Crippen LogP contribution in [0, 0.1) is 29.4 Å². The van der Waals surface area contributed by atoms with Gasteiger partial charge in [-0.2, -0.15) is 0 Å². The van der Waals surface area contributed by atoms with Gasteiger partial charge in [0.15, 0.2) is 5.78 Å². The van der Waals surface area contributed by atoms with Crippen molar-refractivity contribution < 1.29 is 37.5 Å². The highest BCUT2D eigenvalue weighted by Gasteiger charge is 2.32. The van der Waals surface area contributed by atoms with Crippen LogP contribution in [0.1, 0.15) is 58.9 Å². The van der Waals surface area contributed by atoms with E-state index in [2.05, 4.69) is 21.3 Å². The van der Waals surface area contributed by atoms with Gasteiger partial charge in [0.2, 0.25) is 11.8 Å². The van der Waals surface area contributed by atoms with E-state index in [1.54, 1.807) is 27.7 Å². The second-order valence-electron chi connectivity index (χ2n) is 11.2. The first kappa shape index (κ1) is 34.4. The van der Waals surface area contributed by atoms with Crippen LogP contribution in [-0.4, -0.2) is 61.4 Å². The molecule has 1 heterocycles. The summed E-state index contributed by atoms with van der Waals surface area (Å²) in [6.07, 6.45) is 4.03. The standard InChI is InChI=1S/C30H42F2N4O6/c1-17(2)26(35-30(41)36-27(18(3)4)29(40)42-5)24(37)15-20-8-6-7-11-33-25(38)10-9-23(34-28(20)39)14-19-12-21(31)16-22(32)13-19/h9-10,12-13,16-18,20,23,26-27H,6-8,11,14-15H2,1-5H3,(H,33,38)(H,34,39)(H2,35,36,41)/b10-9+/t20-,23-,26+,27+/m1/s1. The van der Waals surface area contributed by atoms with Gasteiger partial charge in [0, 0.05) is 31.0 Å². The molecular formula is C30H42F2N4O6. The molecule has 42 heavy (non-hydrogen) atoms. The van der Waals surface area contributed by atoms with Crippen LogP contribution in [0.5, 0.6) is 0 Å². The predicted molar refractivity (Wildman–Crippen MR) is 152 cm³/mol. The molecule has 1 aromatic rings. The van der Waals surface area contributed by atoms with Crippen molar-refractivity contribution >= 4 is 29.6 Å². The van der Waals surface area contributed by atoms with Crippen molar-refractivity contribution in [3.63, 3.8) is 0 Å². The lowest BCUT2D eigenvalue weighted by molar-refractivity contribution is -0.144. The lowest BCUT2D eigenvalue weighted by Crippen LogP contribution is -2.54. The average molecular weight is 593 g/mol. The molecule has 0 fully saturated rings. The van der Waals surface area contributed by atoms with Gasteiger partial charge in [-0.05, 0) is 48.8 Å². The van der Waals surface area contributed by atoms with Gasteiger partial charge in [0.25, 0.3) is 0 Å². The van der Waals surface area contributed by atoms with Gasteiger partial charge in [-0.25, -0.2) is 18.4 Å². The summed E-state index contributed by atoms with van der Waals surface area (Å²) in [6.45, 7) is 7.37. The van der Waals surface area contributed by atoms with Crippen LogP contribution in [0.25, 0.3) is 0 Å². The number of hydrogen-bond acceptors (Lipinski definition) is 6. The van der Waals surface area contributed by atoms with Gasteiger partial charge in [0.05, 0.1) is 19.2 Å². The number of amides is 4. The van der Waals surface area contributed by atoms with Crippen LogP contribution in [0.15, 0.2) is 30.4 Å². The average Bonchev–Trinajstić information content (AvgIpc) is 2.90. The molecule has 0 spiro atoms. The molecule has 4 atom stereocenters. The number of rotatable bonds is 10. The van der Waals surface area contributed by atoms with Crippen LogP contribution in [0.2, 0.25) is 0 Å². The zero-order valence-electron chi connectivity index (χ0n) is 24.8. The third kappa shape index (κ3) is 11.2. The normalized spacial score (nSPS) is 20.3. The lowest BCUT2D eigenvalue weighted by atomic mass is 9.88. The fourth-order valence-electron chi connectivity index (χ4n) is 4.70. The monoisotopic (exact) mass is 592 g/mol. The number of urea groups is 1. The summed E-state index contributed by atoms with van der Waals surface area (Å²) in [5.41, 5.74) is 0.282. The zero-order chi connectivity index (χ0) is 31.4. The van der Waals surface area contributed by atoms with E-state index in [1.807, 2.05) is 0 Å². The Kier molecular flexibility index (Phi) is 13.6. The molecule has 10 nitrogen and oxygen atoms in total. The van der Waals surface area contributed by atoms with E-state index in [4.69, 9.17) is 4.74 Å². The molecule has 4 amide bonds. The third-order valence-corrected chi connectivity index (χ3v) is 6.99. The highest BCUT2D eigenvalue weighted by Crippen LogP contribution is 2.19. The fourth-order valence-corrected chi connectivity index (χ4v) is 4.70. The highest BCUT2D eigenvalue weighted by molar-refractivity contribution is 5.93. The van der Waals surface area contributed by atoms with Crippen LogP contribution < -0.4 is 21.3 Å². The fraction of sp³-hybridized carbons (Fsp3) is 0.567. The van der Waals surface area contributed by atoms with E-state index in [-0.39, 0.29) is 41.9 Å². The Hall–Kier alpha value is -3.83. The van der Waals surface area contributed by atoms with E-state index in [0.29, 0.717) is 25.8 Å². The van der Waals surface area contributed by atoms with Crippen molar-refractivity contribution in [2.75, 3.05) is 13.7 Å². The van der Waals surface area contributed by atoms with Gasteiger partial charge < -0.3 is 26.0 Å². The Morgan fingerprint density at radius 3 is 2.19 bits per heavy atom. The van der Waals surface area contributed by atoms with Gasteiger partial charge in [-0.1, -0.05) is 40.2 Å². The highest BCUT2D eigenvalue weighted by atomic mass is 19.1. The molecule has 0 saturated heterocycles. The zero-order valence-corrected chi connectivity index (χ0v) is 24.8. The second kappa shape index (κ2) is 16.6. The molecule has 2 rings (SSSR count). The Bertz CT molecular complexity index is 1140. The largest absolute Gasteiger partial charge is 0.467 e. The van der Waals surface area contributed by atoms with Crippen molar-refractivity contribution in [3.05, 3.63) is 47.5 Å². The molecule has 0 radical (unpaired) electrons. The number of hydrogen-bond donors (Lipinski definition) is 4. The van der Waals surface area contributed by atoms with Crippen molar-refractivity contribution in [1.82, 2.24) is 21.3 Å². The Morgan fingerprint density at radius 1 is 0.976 bits per heavy atom. The number of methoxy groups -OCH3 is 1. The van der Waals surface area contributed by atoms with E-state index < -0.39 is 53.6 Å². The SMILES string of the molecule is COC(=O)[C@@H](NC(=O)N[C@H](C(=O)C[C@H]1CCCCNC(=O)/C=C/[C@H](Cc2cc(F)cc(F)c2)NC1=O)C(C)C)C(C)C. The van der Waals surface area contributed by atoms with Crippen molar-refractivity contribution in [1.29, 1.82) is 0 Å². The molecule has 0 aliphatic carbocycles. The molecule has 0 bridgehead atoms. The van der Waals surface area contributed by atoms with Gasteiger partial charge in [0.1, 0.15) is 17.7 Å². The number of nitrogens with one attached hydrogen (secondary N) is 4. The number of benzene rings is 1. The molecule has 4 N–H and O–H groups in total. The van der Waals surface area contributed by atoms with Crippen molar-refractivity contribution in [3.8, 4) is 0 Å². The summed E-state index contributed by atoms with van der Waals surface area (Å²) in [5, 5.41) is 10.8. The molecular weight excluding hydrogens is 550 g/mol. The van der Waals surface area contributed by atoms with Gasteiger partial charge in [-0.3, -0.25) is 14.4 Å². The third-order valence-electron chi connectivity index (χ3n) is 6.99. The van der Waals surface area contributed by atoms with E-state index in [0.717, 1.165) is 18.2 Å². The van der Waals surface area contributed by atoms with E-state index in [9.17, 15) is 32.8 Å². The topological polar surface area (TPSA) is 143 Å². The lowest BCUT2D eigenvalue weighted by Gasteiger charge is -2.27. The van der Waals surface area contributed by atoms with Crippen molar-refractivity contribution in [2.45, 2.75) is 77.9 Å².